The number of fused-ring (bicyclic) bond motifs is 2. The third-order valence-electron chi connectivity index (χ3n) is 3.24. The molecule has 0 aromatic carbocycles. The summed E-state index contributed by atoms with van der Waals surface area (Å²) in [7, 11) is 2.20. The minimum Gasteiger partial charge on any atom is -0.326 e. The SMILES string of the molecule is CN1CC[C@@H]2CC[C@@H]1[C@@H]2N. The average Bonchev–Trinajstić information content (AvgIpc) is 2.13. The summed E-state index contributed by atoms with van der Waals surface area (Å²) in [5.41, 5.74) is 6.03. The van der Waals surface area contributed by atoms with Crippen molar-refractivity contribution in [2.24, 2.45) is 11.7 Å². The van der Waals surface area contributed by atoms with Crippen molar-refractivity contribution < 1.29 is 0 Å². The highest BCUT2D eigenvalue weighted by Gasteiger charge is 2.39. The third kappa shape index (κ3) is 0.789. The van der Waals surface area contributed by atoms with Crippen LogP contribution in [0.25, 0.3) is 0 Å². The van der Waals surface area contributed by atoms with Gasteiger partial charge in [0.05, 0.1) is 0 Å². The summed E-state index contributed by atoms with van der Waals surface area (Å²) in [5, 5.41) is 0. The van der Waals surface area contributed by atoms with Gasteiger partial charge in [0.1, 0.15) is 0 Å². The normalized spacial score (nSPS) is 48.0. The van der Waals surface area contributed by atoms with E-state index in [-0.39, 0.29) is 0 Å². The molecule has 0 unspecified atom stereocenters. The van der Waals surface area contributed by atoms with E-state index in [0.717, 1.165) is 5.92 Å². The monoisotopic (exact) mass is 140 g/mol. The van der Waals surface area contributed by atoms with Gasteiger partial charge in [-0.3, -0.25) is 0 Å². The van der Waals surface area contributed by atoms with Crippen molar-refractivity contribution in [1.82, 2.24) is 4.90 Å². The smallest absolute Gasteiger partial charge is 0.0246 e. The van der Waals surface area contributed by atoms with Gasteiger partial charge >= 0.3 is 0 Å². The molecule has 0 aromatic heterocycles. The second-order valence-corrected chi connectivity index (χ2v) is 3.75. The summed E-state index contributed by atoms with van der Waals surface area (Å²) in [6.07, 6.45) is 4.03. The maximum atomic E-state index is 6.03. The van der Waals surface area contributed by atoms with E-state index in [1.807, 2.05) is 0 Å². The molecule has 2 aliphatic rings. The Hall–Kier alpha value is -0.0800. The lowest BCUT2D eigenvalue weighted by molar-refractivity contribution is 0.167. The van der Waals surface area contributed by atoms with Gasteiger partial charge in [0.25, 0.3) is 0 Å². The van der Waals surface area contributed by atoms with Gasteiger partial charge in [0, 0.05) is 12.1 Å². The van der Waals surface area contributed by atoms with E-state index >= 15 is 0 Å². The Morgan fingerprint density at radius 3 is 2.80 bits per heavy atom. The number of rotatable bonds is 0. The van der Waals surface area contributed by atoms with Crippen LogP contribution in [-0.2, 0) is 0 Å². The second kappa shape index (κ2) is 2.21. The molecule has 2 heteroatoms. The molecule has 2 bridgehead atoms. The largest absolute Gasteiger partial charge is 0.326 e. The Balaban J connectivity index is 2.13. The maximum Gasteiger partial charge on any atom is 0.0246 e. The molecule has 0 amide bonds. The van der Waals surface area contributed by atoms with E-state index in [1.54, 1.807) is 0 Å². The van der Waals surface area contributed by atoms with E-state index in [0.29, 0.717) is 12.1 Å². The Bertz CT molecular complexity index is 135. The molecule has 0 aromatic rings. The zero-order valence-corrected chi connectivity index (χ0v) is 6.59. The van der Waals surface area contributed by atoms with Gasteiger partial charge in [-0.25, -0.2) is 0 Å². The Labute approximate surface area is 62.4 Å². The summed E-state index contributed by atoms with van der Waals surface area (Å²) in [4.78, 5) is 2.42. The molecule has 0 spiro atoms. The van der Waals surface area contributed by atoms with Crippen LogP contribution < -0.4 is 5.73 Å². The summed E-state index contributed by atoms with van der Waals surface area (Å²) in [5.74, 6) is 0.848. The highest BCUT2D eigenvalue weighted by Crippen LogP contribution is 2.34. The number of hydrogen-bond donors (Lipinski definition) is 1. The fraction of sp³-hybridized carbons (Fsp3) is 1.00. The molecule has 2 fully saturated rings. The van der Waals surface area contributed by atoms with E-state index in [1.165, 1.54) is 25.8 Å². The van der Waals surface area contributed by atoms with Crippen molar-refractivity contribution in [3.63, 3.8) is 0 Å². The number of piperidine rings is 1. The Morgan fingerprint density at radius 2 is 2.10 bits per heavy atom. The van der Waals surface area contributed by atoms with E-state index in [2.05, 4.69) is 11.9 Å². The topological polar surface area (TPSA) is 29.3 Å². The first-order valence-corrected chi connectivity index (χ1v) is 4.25. The molecule has 1 aliphatic carbocycles. The summed E-state index contributed by atoms with van der Waals surface area (Å²) >= 11 is 0. The lowest BCUT2D eigenvalue weighted by atomic mass is 9.95. The summed E-state index contributed by atoms with van der Waals surface area (Å²) in [6.45, 7) is 1.27. The molecule has 2 nitrogen and oxygen atoms in total. The first-order valence-electron chi connectivity index (χ1n) is 4.25. The molecule has 1 aliphatic heterocycles. The number of nitrogens with two attached hydrogens (primary N) is 1. The van der Waals surface area contributed by atoms with Crippen LogP contribution in [0.5, 0.6) is 0 Å². The molecule has 3 atom stereocenters. The predicted octanol–water partition coefficient (Wildman–Crippen LogP) is 0.428. The van der Waals surface area contributed by atoms with Crippen LogP contribution in [0.2, 0.25) is 0 Å². The van der Waals surface area contributed by atoms with Crippen molar-refractivity contribution in [3.05, 3.63) is 0 Å². The quantitative estimate of drug-likeness (QED) is 0.528. The van der Waals surface area contributed by atoms with Crippen molar-refractivity contribution in [1.29, 1.82) is 0 Å². The number of likely N-dealkylation sites (tertiary alicyclic amines) is 1. The predicted molar refractivity (Wildman–Crippen MR) is 41.7 cm³/mol. The molecule has 2 N–H and O–H groups in total. The highest BCUT2D eigenvalue weighted by molar-refractivity contribution is 4.97. The van der Waals surface area contributed by atoms with E-state index < -0.39 is 0 Å². The van der Waals surface area contributed by atoms with Crippen molar-refractivity contribution in [3.8, 4) is 0 Å². The molecule has 10 heavy (non-hydrogen) atoms. The minimum absolute atomic E-state index is 0.485. The highest BCUT2D eigenvalue weighted by atomic mass is 15.2. The average molecular weight is 140 g/mol. The van der Waals surface area contributed by atoms with Gasteiger partial charge < -0.3 is 10.6 Å². The lowest BCUT2D eigenvalue weighted by Crippen LogP contribution is -2.49. The molecular formula is C8H16N2. The molecule has 58 valence electrons. The zero-order chi connectivity index (χ0) is 7.14. The van der Waals surface area contributed by atoms with Gasteiger partial charge in [-0.2, -0.15) is 0 Å². The molecule has 0 radical (unpaired) electrons. The zero-order valence-electron chi connectivity index (χ0n) is 6.59. The van der Waals surface area contributed by atoms with Crippen LogP contribution in [0, 0.1) is 5.92 Å². The molecule has 2 rings (SSSR count). The van der Waals surface area contributed by atoms with Crippen molar-refractivity contribution >= 4 is 0 Å². The van der Waals surface area contributed by atoms with Crippen LogP contribution >= 0.6 is 0 Å². The van der Waals surface area contributed by atoms with Crippen LogP contribution in [0.1, 0.15) is 19.3 Å². The Kier molecular flexibility index (Phi) is 1.46. The fourth-order valence-corrected chi connectivity index (χ4v) is 2.47. The van der Waals surface area contributed by atoms with Crippen molar-refractivity contribution in [2.75, 3.05) is 13.6 Å². The molecule has 1 saturated carbocycles. The van der Waals surface area contributed by atoms with E-state index in [9.17, 15) is 0 Å². The fourth-order valence-electron chi connectivity index (χ4n) is 2.47. The summed E-state index contributed by atoms with van der Waals surface area (Å²) < 4.78 is 0. The number of nitrogens with zero attached hydrogens (tertiary/aromatic N) is 1. The van der Waals surface area contributed by atoms with Crippen LogP contribution in [-0.4, -0.2) is 30.6 Å². The molecule has 1 heterocycles. The second-order valence-electron chi connectivity index (χ2n) is 3.75. The van der Waals surface area contributed by atoms with Crippen LogP contribution in [0.15, 0.2) is 0 Å². The van der Waals surface area contributed by atoms with Gasteiger partial charge in [0.15, 0.2) is 0 Å². The van der Waals surface area contributed by atoms with Gasteiger partial charge in [-0.1, -0.05) is 0 Å². The standard InChI is InChI=1S/C8H16N2/c1-10-5-4-6-2-3-7(10)8(6)9/h6-8H,2-5,9H2,1H3/t6-,7+,8+/m0/s1. The van der Waals surface area contributed by atoms with Crippen LogP contribution in [0.3, 0.4) is 0 Å². The molecular weight excluding hydrogens is 124 g/mol. The van der Waals surface area contributed by atoms with Crippen molar-refractivity contribution in [2.45, 2.75) is 31.3 Å². The van der Waals surface area contributed by atoms with Crippen LogP contribution in [0.4, 0.5) is 0 Å². The van der Waals surface area contributed by atoms with Gasteiger partial charge in [-0.05, 0) is 38.8 Å². The lowest BCUT2D eigenvalue weighted by Gasteiger charge is -2.34. The number of hydrogen-bond acceptors (Lipinski definition) is 2. The first kappa shape index (κ1) is 6.62. The first-order chi connectivity index (χ1) is 4.79. The Morgan fingerprint density at radius 1 is 1.30 bits per heavy atom. The van der Waals surface area contributed by atoms with Gasteiger partial charge in [-0.15, -0.1) is 0 Å². The van der Waals surface area contributed by atoms with E-state index in [4.69, 9.17) is 5.73 Å². The molecule has 1 saturated heterocycles. The third-order valence-corrected chi connectivity index (χ3v) is 3.24. The number of likely N-dealkylation sites (N-methyl/N-ethyl adjacent to an activating group) is 1. The summed E-state index contributed by atoms with van der Waals surface area (Å²) in [6, 6.07) is 1.19. The maximum absolute atomic E-state index is 6.03. The minimum atomic E-state index is 0.485. The van der Waals surface area contributed by atoms with Gasteiger partial charge in [0.2, 0.25) is 0 Å².